The normalized spacial score (nSPS) is 17.1. The van der Waals surface area contributed by atoms with Gasteiger partial charge in [0.25, 0.3) is 0 Å². The predicted molar refractivity (Wildman–Crippen MR) is 106 cm³/mol. The van der Waals surface area contributed by atoms with E-state index in [1.165, 1.54) is 11.3 Å². The van der Waals surface area contributed by atoms with Gasteiger partial charge in [0.2, 0.25) is 11.7 Å². The van der Waals surface area contributed by atoms with E-state index in [4.69, 9.17) is 4.52 Å². The van der Waals surface area contributed by atoms with Crippen molar-refractivity contribution in [1.82, 2.24) is 15.0 Å². The summed E-state index contributed by atoms with van der Waals surface area (Å²) in [5, 5.41) is 9.93. The number of nitrogens with one attached hydrogen (secondary N) is 1. The lowest BCUT2D eigenvalue weighted by Crippen LogP contribution is -2.42. The summed E-state index contributed by atoms with van der Waals surface area (Å²) in [5.41, 5.74) is 2.12. The highest BCUT2D eigenvalue weighted by atomic mass is 32.1. The number of rotatable bonds is 4. The standard InChI is InChI=1S/C20H22N4O2S/c1-14-6-2-3-8-16(14)19-21-17(26-23-19)12-15-7-4-10-24(13-15)20(25)22-18-9-5-11-27-18/h2-3,5-6,8-9,11,15H,4,7,10,12-13H2,1H3,(H,22,25)/t15-/m0/s1. The summed E-state index contributed by atoms with van der Waals surface area (Å²) in [6.07, 6.45) is 2.74. The molecule has 2 aromatic heterocycles. The van der Waals surface area contributed by atoms with E-state index in [-0.39, 0.29) is 6.03 Å². The highest BCUT2D eigenvalue weighted by molar-refractivity contribution is 7.14. The average molecular weight is 382 g/mol. The summed E-state index contributed by atoms with van der Waals surface area (Å²) in [7, 11) is 0. The fraction of sp³-hybridized carbons (Fsp3) is 0.350. The second-order valence-corrected chi connectivity index (χ2v) is 7.84. The lowest BCUT2D eigenvalue weighted by molar-refractivity contribution is 0.173. The first-order valence-electron chi connectivity index (χ1n) is 9.17. The number of carbonyl (C=O) groups excluding carboxylic acids is 1. The smallest absolute Gasteiger partial charge is 0.322 e. The molecule has 0 radical (unpaired) electrons. The predicted octanol–water partition coefficient (Wildman–Crippen LogP) is 4.59. The van der Waals surface area contributed by atoms with Gasteiger partial charge in [-0.15, -0.1) is 11.3 Å². The zero-order valence-electron chi connectivity index (χ0n) is 15.2. The second kappa shape index (κ2) is 7.92. The van der Waals surface area contributed by atoms with Crippen molar-refractivity contribution < 1.29 is 9.32 Å². The number of aryl methyl sites for hydroxylation is 1. The molecule has 2 amide bonds. The molecule has 4 rings (SSSR count). The Balaban J connectivity index is 1.38. The molecule has 3 heterocycles. The number of benzene rings is 1. The monoisotopic (exact) mass is 382 g/mol. The number of amides is 2. The highest BCUT2D eigenvalue weighted by Crippen LogP contribution is 2.24. The van der Waals surface area contributed by atoms with Crippen molar-refractivity contribution in [3.63, 3.8) is 0 Å². The van der Waals surface area contributed by atoms with E-state index in [0.717, 1.165) is 35.5 Å². The summed E-state index contributed by atoms with van der Waals surface area (Å²) >= 11 is 1.53. The first kappa shape index (κ1) is 17.7. The van der Waals surface area contributed by atoms with Crippen LogP contribution in [0.4, 0.5) is 9.80 Å². The Morgan fingerprint density at radius 1 is 1.33 bits per heavy atom. The molecule has 3 aromatic rings. The van der Waals surface area contributed by atoms with Crippen LogP contribution in [0.15, 0.2) is 46.3 Å². The molecule has 140 valence electrons. The summed E-state index contributed by atoms with van der Waals surface area (Å²) in [6, 6.07) is 11.8. The molecule has 27 heavy (non-hydrogen) atoms. The summed E-state index contributed by atoms with van der Waals surface area (Å²) in [6.45, 7) is 3.53. The first-order valence-corrected chi connectivity index (χ1v) is 10.0. The van der Waals surface area contributed by atoms with E-state index in [9.17, 15) is 4.79 Å². The summed E-state index contributed by atoms with van der Waals surface area (Å²) in [4.78, 5) is 18.9. The Hall–Kier alpha value is -2.67. The van der Waals surface area contributed by atoms with Crippen molar-refractivity contribution >= 4 is 22.4 Å². The third kappa shape index (κ3) is 4.19. The SMILES string of the molecule is Cc1ccccc1-c1noc(C[C@@H]2CCCN(C(=O)Nc3cccs3)C2)n1. The molecule has 6 nitrogen and oxygen atoms in total. The molecule has 1 N–H and O–H groups in total. The van der Waals surface area contributed by atoms with E-state index < -0.39 is 0 Å². The van der Waals surface area contributed by atoms with Gasteiger partial charge in [-0.3, -0.25) is 5.32 Å². The van der Waals surface area contributed by atoms with Crippen LogP contribution < -0.4 is 5.32 Å². The van der Waals surface area contributed by atoms with E-state index >= 15 is 0 Å². The molecule has 0 bridgehead atoms. The lowest BCUT2D eigenvalue weighted by Gasteiger charge is -2.32. The van der Waals surface area contributed by atoms with E-state index in [2.05, 4.69) is 15.5 Å². The van der Waals surface area contributed by atoms with Crippen molar-refractivity contribution in [3.05, 3.63) is 53.2 Å². The van der Waals surface area contributed by atoms with Crippen molar-refractivity contribution in [1.29, 1.82) is 0 Å². The number of piperidine rings is 1. The molecule has 0 unspecified atom stereocenters. The van der Waals surface area contributed by atoms with Gasteiger partial charge in [0.15, 0.2) is 0 Å². The van der Waals surface area contributed by atoms with Gasteiger partial charge < -0.3 is 9.42 Å². The number of aromatic nitrogens is 2. The van der Waals surface area contributed by atoms with Crippen LogP contribution in [0.2, 0.25) is 0 Å². The number of thiophene rings is 1. The van der Waals surface area contributed by atoms with E-state index in [1.807, 2.05) is 53.6 Å². The minimum absolute atomic E-state index is 0.0340. The Morgan fingerprint density at radius 3 is 3.04 bits per heavy atom. The van der Waals surface area contributed by atoms with E-state index in [0.29, 0.717) is 30.6 Å². The molecular weight excluding hydrogens is 360 g/mol. The third-order valence-corrected chi connectivity index (χ3v) is 5.66. The zero-order valence-corrected chi connectivity index (χ0v) is 16.0. The molecule has 1 fully saturated rings. The Morgan fingerprint density at radius 2 is 2.22 bits per heavy atom. The van der Waals surface area contributed by atoms with Crippen LogP contribution in [0.3, 0.4) is 0 Å². The maximum Gasteiger partial charge on any atom is 0.322 e. The quantitative estimate of drug-likeness (QED) is 0.716. The average Bonchev–Trinajstić information content (AvgIpc) is 3.34. The lowest BCUT2D eigenvalue weighted by atomic mass is 9.95. The zero-order chi connectivity index (χ0) is 18.6. The number of hydrogen-bond donors (Lipinski definition) is 1. The molecule has 1 atom stereocenters. The van der Waals surface area contributed by atoms with Gasteiger partial charge >= 0.3 is 6.03 Å². The largest absolute Gasteiger partial charge is 0.339 e. The molecule has 0 aliphatic carbocycles. The van der Waals surface area contributed by atoms with Crippen LogP contribution in [0.25, 0.3) is 11.4 Å². The van der Waals surface area contributed by atoms with Crippen LogP contribution in [0.1, 0.15) is 24.3 Å². The summed E-state index contributed by atoms with van der Waals surface area (Å²) in [5.74, 6) is 1.60. The van der Waals surface area contributed by atoms with Gasteiger partial charge in [0, 0.05) is 25.1 Å². The molecule has 0 saturated carbocycles. The van der Waals surface area contributed by atoms with Crippen molar-refractivity contribution in [2.75, 3.05) is 18.4 Å². The molecule has 1 aliphatic rings. The van der Waals surface area contributed by atoms with Gasteiger partial charge in [-0.1, -0.05) is 29.4 Å². The maximum atomic E-state index is 12.5. The number of anilines is 1. The van der Waals surface area contributed by atoms with Gasteiger partial charge in [-0.2, -0.15) is 4.98 Å². The summed E-state index contributed by atoms with van der Waals surface area (Å²) < 4.78 is 5.48. The van der Waals surface area contributed by atoms with Gasteiger partial charge in [0.05, 0.1) is 5.00 Å². The molecule has 0 spiro atoms. The molecule has 1 aliphatic heterocycles. The number of urea groups is 1. The maximum absolute atomic E-state index is 12.5. The fourth-order valence-corrected chi connectivity index (χ4v) is 4.08. The van der Waals surface area contributed by atoms with Crippen LogP contribution >= 0.6 is 11.3 Å². The Kier molecular flexibility index (Phi) is 5.20. The van der Waals surface area contributed by atoms with Crippen LogP contribution in [-0.2, 0) is 6.42 Å². The number of likely N-dealkylation sites (tertiary alicyclic amines) is 1. The van der Waals surface area contributed by atoms with Crippen molar-refractivity contribution in [2.45, 2.75) is 26.2 Å². The first-order chi connectivity index (χ1) is 13.2. The number of nitrogens with zero attached hydrogens (tertiary/aromatic N) is 3. The van der Waals surface area contributed by atoms with Crippen molar-refractivity contribution in [3.8, 4) is 11.4 Å². The highest BCUT2D eigenvalue weighted by Gasteiger charge is 2.26. The van der Waals surface area contributed by atoms with Gasteiger partial charge in [-0.25, -0.2) is 4.79 Å². The number of carbonyl (C=O) groups is 1. The minimum atomic E-state index is -0.0340. The van der Waals surface area contributed by atoms with Crippen molar-refractivity contribution in [2.24, 2.45) is 5.92 Å². The molecular formula is C20H22N4O2S. The fourth-order valence-electron chi connectivity index (χ4n) is 3.47. The number of hydrogen-bond acceptors (Lipinski definition) is 5. The third-order valence-electron chi connectivity index (χ3n) is 4.87. The van der Waals surface area contributed by atoms with Crippen LogP contribution in [-0.4, -0.2) is 34.2 Å². The van der Waals surface area contributed by atoms with E-state index in [1.54, 1.807) is 0 Å². The molecule has 1 saturated heterocycles. The second-order valence-electron chi connectivity index (χ2n) is 6.89. The van der Waals surface area contributed by atoms with Crippen LogP contribution in [0.5, 0.6) is 0 Å². The Labute approximate surface area is 162 Å². The van der Waals surface area contributed by atoms with Gasteiger partial charge in [0.1, 0.15) is 0 Å². The topological polar surface area (TPSA) is 71.3 Å². The minimum Gasteiger partial charge on any atom is -0.339 e. The van der Waals surface area contributed by atoms with Crippen LogP contribution in [0, 0.1) is 12.8 Å². The Bertz CT molecular complexity index is 906. The molecule has 1 aromatic carbocycles. The van der Waals surface area contributed by atoms with Gasteiger partial charge in [-0.05, 0) is 48.8 Å². The molecule has 7 heteroatoms.